The molecule has 2 aliphatic rings. The summed E-state index contributed by atoms with van der Waals surface area (Å²) in [6, 6.07) is 0. The second-order valence-corrected chi connectivity index (χ2v) is 5.12. The van der Waals surface area contributed by atoms with Crippen molar-refractivity contribution in [2.24, 2.45) is 15.9 Å². The number of hydrogen-bond acceptors (Lipinski definition) is 3. The maximum atomic E-state index is 5.49. The van der Waals surface area contributed by atoms with Crippen LogP contribution in [0.4, 0.5) is 0 Å². The molecule has 1 unspecified atom stereocenters. The van der Waals surface area contributed by atoms with Gasteiger partial charge in [0.05, 0.1) is 17.7 Å². The third-order valence-corrected chi connectivity index (χ3v) is 2.99. The number of aliphatic imine (C=N–C) groups is 2. The lowest BCUT2D eigenvalue weighted by Crippen LogP contribution is -2.42. The number of thiocarbonyl (C=S) groups is 1. The molecule has 0 bridgehead atoms. The molecule has 1 heterocycles. The Kier molecular flexibility index (Phi) is 4.99. The van der Waals surface area contributed by atoms with Gasteiger partial charge in [-0.05, 0) is 38.6 Å². The second-order valence-electron chi connectivity index (χ2n) is 4.73. The lowest BCUT2D eigenvalue weighted by molar-refractivity contribution is 0.0783. The van der Waals surface area contributed by atoms with Crippen LogP contribution >= 0.6 is 12.2 Å². The minimum Gasteiger partial charge on any atom is -0.379 e. The molecular formula is C14H19N3OS. The summed E-state index contributed by atoms with van der Waals surface area (Å²) in [4.78, 5) is 8.90. The number of amidine groups is 1. The molecule has 102 valence electrons. The summed E-state index contributed by atoms with van der Waals surface area (Å²) >= 11 is 5.12. The Morgan fingerprint density at radius 1 is 1.47 bits per heavy atom. The van der Waals surface area contributed by atoms with Crippen LogP contribution < -0.4 is 5.32 Å². The molecule has 0 aromatic rings. The number of hydrogen-bond donors (Lipinski definition) is 1. The molecule has 1 N–H and O–H groups in total. The zero-order chi connectivity index (χ0) is 13.7. The number of nitrogens with one attached hydrogen (secondary N) is 1. The van der Waals surface area contributed by atoms with E-state index in [4.69, 9.17) is 17.0 Å². The molecule has 0 spiro atoms. The van der Waals surface area contributed by atoms with E-state index in [9.17, 15) is 0 Å². The Morgan fingerprint density at radius 2 is 2.32 bits per heavy atom. The third kappa shape index (κ3) is 4.08. The standard InChI is InChI=1S/C14H19N3OS/c1-10(2)18-9-5-8-15-13-11-6-3-4-7-12(11)16-14(19)17-13/h3-4,6-7,10-11H,5,8-9H2,1-2H3,(H,15,17,19). The zero-order valence-corrected chi connectivity index (χ0v) is 12.1. The summed E-state index contributed by atoms with van der Waals surface area (Å²) < 4.78 is 5.49. The van der Waals surface area contributed by atoms with Gasteiger partial charge < -0.3 is 10.1 Å². The van der Waals surface area contributed by atoms with E-state index in [0.717, 1.165) is 31.1 Å². The summed E-state index contributed by atoms with van der Waals surface area (Å²) in [6.07, 6.45) is 9.23. The SMILES string of the molecule is CC(C)OCCCN=C1NC(=S)N=C2C=CC=CC21. The Hall–Kier alpha value is -1.33. The lowest BCUT2D eigenvalue weighted by Gasteiger charge is -2.24. The van der Waals surface area contributed by atoms with Crippen molar-refractivity contribution >= 4 is 28.9 Å². The highest BCUT2D eigenvalue weighted by Gasteiger charge is 2.24. The van der Waals surface area contributed by atoms with E-state index < -0.39 is 0 Å². The van der Waals surface area contributed by atoms with Crippen LogP contribution in [0, 0.1) is 5.92 Å². The van der Waals surface area contributed by atoms with Gasteiger partial charge in [0.1, 0.15) is 5.84 Å². The normalized spacial score (nSPS) is 23.5. The minimum absolute atomic E-state index is 0.114. The maximum Gasteiger partial charge on any atom is 0.198 e. The summed E-state index contributed by atoms with van der Waals surface area (Å²) in [5, 5.41) is 3.57. The van der Waals surface area contributed by atoms with Crippen LogP contribution in [0.3, 0.4) is 0 Å². The Labute approximate surface area is 119 Å². The molecular weight excluding hydrogens is 258 g/mol. The largest absolute Gasteiger partial charge is 0.379 e. The van der Waals surface area contributed by atoms with E-state index in [1.807, 2.05) is 32.1 Å². The summed E-state index contributed by atoms with van der Waals surface area (Å²) in [5.74, 6) is 1.00. The van der Waals surface area contributed by atoms with Crippen molar-refractivity contribution in [3.63, 3.8) is 0 Å². The van der Waals surface area contributed by atoms with Crippen LogP contribution in [0.5, 0.6) is 0 Å². The molecule has 19 heavy (non-hydrogen) atoms. The minimum atomic E-state index is 0.114. The fraction of sp³-hybridized carbons (Fsp3) is 0.500. The van der Waals surface area contributed by atoms with E-state index in [2.05, 4.69) is 21.4 Å². The fourth-order valence-corrected chi connectivity index (χ4v) is 2.13. The van der Waals surface area contributed by atoms with Crippen LogP contribution in [-0.4, -0.2) is 35.9 Å². The van der Waals surface area contributed by atoms with Crippen molar-refractivity contribution in [1.29, 1.82) is 0 Å². The lowest BCUT2D eigenvalue weighted by atomic mass is 9.96. The molecule has 0 aromatic carbocycles. The first-order valence-corrected chi connectivity index (χ1v) is 6.98. The van der Waals surface area contributed by atoms with E-state index in [-0.39, 0.29) is 12.0 Å². The van der Waals surface area contributed by atoms with E-state index >= 15 is 0 Å². The molecule has 5 heteroatoms. The van der Waals surface area contributed by atoms with E-state index in [0.29, 0.717) is 5.11 Å². The summed E-state index contributed by atoms with van der Waals surface area (Å²) in [6.45, 7) is 5.54. The highest BCUT2D eigenvalue weighted by atomic mass is 32.1. The van der Waals surface area contributed by atoms with Crippen molar-refractivity contribution in [3.05, 3.63) is 24.3 Å². The summed E-state index contributed by atoms with van der Waals surface area (Å²) in [5.41, 5.74) is 0.962. The van der Waals surface area contributed by atoms with Crippen LogP contribution in [0.25, 0.3) is 0 Å². The highest BCUT2D eigenvalue weighted by molar-refractivity contribution is 7.80. The van der Waals surface area contributed by atoms with Gasteiger partial charge in [0.25, 0.3) is 0 Å². The van der Waals surface area contributed by atoms with Gasteiger partial charge >= 0.3 is 0 Å². The van der Waals surface area contributed by atoms with Gasteiger partial charge in [0.2, 0.25) is 0 Å². The molecule has 2 rings (SSSR count). The highest BCUT2D eigenvalue weighted by Crippen LogP contribution is 2.15. The molecule has 1 atom stereocenters. The first kappa shape index (κ1) is 14.1. The fourth-order valence-electron chi connectivity index (χ4n) is 1.92. The van der Waals surface area contributed by atoms with Crippen molar-refractivity contribution < 1.29 is 4.74 Å². The van der Waals surface area contributed by atoms with Gasteiger partial charge in [-0.25, -0.2) is 4.99 Å². The van der Waals surface area contributed by atoms with Gasteiger partial charge in [0, 0.05) is 13.2 Å². The van der Waals surface area contributed by atoms with Crippen LogP contribution in [0.1, 0.15) is 20.3 Å². The van der Waals surface area contributed by atoms with E-state index in [1.165, 1.54) is 0 Å². The van der Waals surface area contributed by atoms with Crippen molar-refractivity contribution in [1.82, 2.24) is 5.32 Å². The quantitative estimate of drug-likeness (QED) is 0.619. The predicted molar refractivity (Wildman–Crippen MR) is 82.9 cm³/mol. The molecule has 0 aromatic heterocycles. The number of fused-ring (bicyclic) bond motifs is 1. The number of ether oxygens (including phenoxy) is 1. The first-order valence-electron chi connectivity index (χ1n) is 6.57. The van der Waals surface area contributed by atoms with Crippen molar-refractivity contribution in [3.8, 4) is 0 Å². The molecule has 1 aliphatic carbocycles. The van der Waals surface area contributed by atoms with Gasteiger partial charge in [-0.3, -0.25) is 4.99 Å². The monoisotopic (exact) mass is 277 g/mol. The van der Waals surface area contributed by atoms with Crippen LogP contribution in [0.2, 0.25) is 0 Å². The zero-order valence-electron chi connectivity index (χ0n) is 11.3. The first-order chi connectivity index (χ1) is 9.16. The Balaban J connectivity index is 1.92. The van der Waals surface area contributed by atoms with Crippen LogP contribution in [-0.2, 0) is 4.74 Å². The Morgan fingerprint density at radius 3 is 3.11 bits per heavy atom. The van der Waals surface area contributed by atoms with Crippen molar-refractivity contribution in [2.45, 2.75) is 26.4 Å². The number of allylic oxidation sites excluding steroid dienone is 3. The van der Waals surface area contributed by atoms with Crippen LogP contribution in [0.15, 0.2) is 34.3 Å². The maximum absolute atomic E-state index is 5.49. The molecule has 4 nitrogen and oxygen atoms in total. The topological polar surface area (TPSA) is 46.0 Å². The molecule has 1 aliphatic heterocycles. The van der Waals surface area contributed by atoms with E-state index in [1.54, 1.807) is 0 Å². The molecule has 0 radical (unpaired) electrons. The van der Waals surface area contributed by atoms with Gasteiger partial charge in [-0.1, -0.05) is 18.2 Å². The van der Waals surface area contributed by atoms with Gasteiger partial charge in [-0.15, -0.1) is 0 Å². The van der Waals surface area contributed by atoms with Gasteiger partial charge in [-0.2, -0.15) is 0 Å². The third-order valence-electron chi connectivity index (χ3n) is 2.80. The predicted octanol–water partition coefficient (Wildman–Crippen LogP) is 2.27. The number of nitrogens with zero attached hydrogens (tertiary/aromatic N) is 2. The molecule has 0 amide bonds. The average Bonchev–Trinajstić information content (AvgIpc) is 2.37. The second kappa shape index (κ2) is 6.73. The molecule has 0 saturated carbocycles. The molecule has 0 saturated heterocycles. The summed E-state index contributed by atoms with van der Waals surface area (Å²) in [7, 11) is 0. The smallest absolute Gasteiger partial charge is 0.198 e. The Bertz CT molecular complexity index is 463. The van der Waals surface area contributed by atoms with Gasteiger partial charge in [0.15, 0.2) is 5.11 Å². The van der Waals surface area contributed by atoms with Crippen molar-refractivity contribution in [2.75, 3.05) is 13.2 Å². The molecule has 0 fully saturated rings. The average molecular weight is 277 g/mol. The number of rotatable bonds is 5.